The molecule has 0 aliphatic heterocycles. The Bertz CT molecular complexity index is 420. The summed E-state index contributed by atoms with van der Waals surface area (Å²) in [5, 5.41) is 2.74. The normalized spacial score (nSPS) is 13.4. The summed E-state index contributed by atoms with van der Waals surface area (Å²) in [4.78, 5) is 28.5. The Hall–Kier alpha value is -1.88. The number of benzene rings is 1. The first-order chi connectivity index (χ1) is 9.10. The molecule has 0 aliphatic rings. The molecule has 1 rings (SSSR count). The Morgan fingerprint density at radius 2 is 1.89 bits per heavy atom. The Balaban J connectivity index is 2.77. The predicted octanol–water partition coefficient (Wildman–Crippen LogP) is 1.51. The van der Waals surface area contributed by atoms with Crippen LogP contribution in [0.2, 0.25) is 0 Å². The third-order valence-corrected chi connectivity index (χ3v) is 3.02. The lowest BCUT2D eigenvalue weighted by Gasteiger charge is -2.22. The highest BCUT2D eigenvalue weighted by Gasteiger charge is 2.26. The summed E-state index contributed by atoms with van der Waals surface area (Å²) in [5.41, 5.74) is 2.79. The molecule has 0 spiro atoms. The van der Waals surface area contributed by atoms with Crippen molar-refractivity contribution in [2.45, 2.75) is 26.3 Å². The van der Waals surface area contributed by atoms with Crippen LogP contribution in [0.5, 0.6) is 0 Å². The highest BCUT2D eigenvalue weighted by Crippen LogP contribution is 2.09. The molecule has 0 aliphatic carbocycles. The van der Waals surface area contributed by atoms with E-state index in [0.717, 1.165) is 6.42 Å². The van der Waals surface area contributed by atoms with E-state index in [0.29, 0.717) is 5.56 Å². The minimum absolute atomic E-state index is 0.0165. The highest BCUT2D eigenvalue weighted by atomic mass is 16.6. The van der Waals surface area contributed by atoms with Crippen molar-refractivity contribution in [1.29, 1.82) is 0 Å². The summed E-state index contributed by atoms with van der Waals surface area (Å²) in [7, 11) is 1.37. The first kappa shape index (κ1) is 15.2. The van der Waals surface area contributed by atoms with Gasteiger partial charge in [0.05, 0.1) is 7.11 Å². The first-order valence-electron chi connectivity index (χ1n) is 6.28. The summed E-state index contributed by atoms with van der Waals surface area (Å²) in [6.45, 7) is 3.87. The van der Waals surface area contributed by atoms with Gasteiger partial charge < -0.3 is 5.32 Å². The van der Waals surface area contributed by atoms with Crippen LogP contribution < -0.4 is 10.8 Å². The summed E-state index contributed by atoms with van der Waals surface area (Å²) in [6.07, 6.45) is 0.775. The predicted molar refractivity (Wildman–Crippen MR) is 72.3 cm³/mol. The molecule has 5 heteroatoms. The van der Waals surface area contributed by atoms with Gasteiger partial charge in [0.15, 0.2) is 0 Å². The molecule has 19 heavy (non-hydrogen) atoms. The first-order valence-corrected chi connectivity index (χ1v) is 6.28. The van der Waals surface area contributed by atoms with Gasteiger partial charge in [0.1, 0.15) is 6.04 Å². The molecular formula is C14H20N2O3. The summed E-state index contributed by atoms with van der Waals surface area (Å²) < 4.78 is 0. The van der Waals surface area contributed by atoms with Crippen LogP contribution in [0.4, 0.5) is 0 Å². The summed E-state index contributed by atoms with van der Waals surface area (Å²) in [6, 6.07) is 8.19. The maximum absolute atomic E-state index is 12.1. The van der Waals surface area contributed by atoms with Gasteiger partial charge in [0.25, 0.3) is 11.8 Å². The molecule has 1 aromatic carbocycles. The van der Waals surface area contributed by atoms with Crippen molar-refractivity contribution < 1.29 is 14.4 Å². The molecule has 0 bridgehead atoms. The number of carbonyl (C=O) groups excluding carboxylic acids is 2. The van der Waals surface area contributed by atoms with Crippen LogP contribution in [-0.4, -0.2) is 25.0 Å². The Labute approximate surface area is 113 Å². The van der Waals surface area contributed by atoms with Crippen LogP contribution in [0.15, 0.2) is 30.3 Å². The molecule has 0 aromatic heterocycles. The zero-order valence-electron chi connectivity index (χ0n) is 11.5. The third-order valence-electron chi connectivity index (χ3n) is 3.02. The molecular weight excluding hydrogens is 244 g/mol. The lowest BCUT2D eigenvalue weighted by atomic mass is 9.98. The van der Waals surface area contributed by atoms with Crippen LogP contribution in [0.25, 0.3) is 0 Å². The second-order valence-electron chi connectivity index (χ2n) is 4.37. The van der Waals surface area contributed by atoms with Crippen molar-refractivity contribution in [1.82, 2.24) is 10.8 Å². The SMILES string of the molecule is CCC(C)C(NC(=O)c1ccccc1)C(=O)NOC. The average molecular weight is 264 g/mol. The van der Waals surface area contributed by atoms with Crippen molar-refractivity contribution in [2.24, 2.45) is 5.92 Å². The van der Waals surface area contributed by atoms with E-state index in [1.807, 2.05) is 19.9 Å². The standard InChI is InChI=1S/C14H20N2O3/c1-4-10(2)12(14(18)16-19-3)15-13(17)11-8-6-5-7-9-11/h5-10,12H,4H2,1-3H3,(H,15,17)(H,16,18). The van der Waals surface area contributed by atoms with E-state index in [9.17, 15) is 9.59 Å². The molecule has 2 N–H and O–H groups in total. The van der Waals surface area contributed by atoms with Gasteiger partial charge in [0.2, 0.25) is 0 Å². The van der Waals surface area contributed by atoms with E-state index >= 15 is 0 Å². The lowest BCUT2D eigenvalue weighted by molar-refractivity contribution is -0.134. The van der Waals surface area contributed by atoms with Crippen LogP contribution >= 0.6 is 0 Å². The monoisotopic (exact) mass is 264 g/mol. The van der Waals surface area contributed by atoms with Crippen LogP contribution in [0.1, 0.15) is 30.6 Å². The topological polar surface area (TPSA) is 67.4 Å². The van der Waals surface area contributed by atoms with Gasteiger partial charge in [-0.15, -0.1) is 0 Å². The number of hydrogen-bond donors (Lipinski definition) is 2. The van der Waals surface area contributed by atoms with Gasteiger partial charge in [-0.3, -0.25) is 14.4 Å². The van der Waals surface area contributed by atoms with Crippen molar-refractivity contribution in [2.75, 3.05) is 7.11 Å². The molecule has 2 unspecified atom stereocenters. The fourth-order valence-electron chi connectivity index (χ4n) is 1.68. The molecule has 2 amide bonds. The Morgan fingerprint density at radius 1 is 1.26 bits per heavy atom. The second-order valence-corrected chi connectivity index (χ2v) is 4.37. The van der Waals surface area contributed by atoms with E-state index in [-0.39, 0.29) is 17.7 Å². The van der Waals surface area contributed by atoms with Crippen LogP contribution in [0.3, 0.4) is 0 Å². The maximum Gasteiger partial charge on any atom is 0.266 e. The van der Waals surface area contributed by atoms with Gasteiger partial charge in [-0.1, -0.05) is 38.5 Å². The van der Waals surface area contributed by atoms with Gasteiger partial charge in [-0.2, -0.15) is 0 Å². The van der Waals surface area contributed by atoms with Gasteiger partial charge in [0, 0.05) is 5.56 Å². The zero-order valence-corrected chi connectivity index (χ0v) is 11.5. The number of amides is 2. The molecule has 0 saturated carbocycles. The fourth-order valence-corrected chi connectivity index (χ4v) is 1.68. The van der Waals surface area contributed by atoms with Crippen molar-refractivity contribution in [3.8, 4) is 0 Å². The zero-order chi connectivity index (χ0) is 14.3. The maximum atomic E-state index is 12.1. The fraction of sp³-hybridized carbons (Fsp3) is 0.429. The van der Waals surface area contributed by atoms with Crippen molar-refractivity contribution >= 4 is 11.8 Å². The number of carbonyl (C=O) groups is 2. The quantitative estimate of drug-likeness (QED) is 0.765. The molecule has 104 valence electrons. The van der Waals surface area contributed by atoms with Crippen molar-refractivity contribution in [3.63, 3.8) is 0 Å². The molecule has 1 aromatic rings. The van der Waals surface area contributed by atoms with E-state index in [1.165, 1.54) is 7.11 Å². The molecule has 0 heterocycles. The lowest BCUT2D eigenvalue weighted by Crippen LogP contribution is -2.50. The Morgan fingerprint density at radius 3 is 2.42 bits per heavy atom. The number of hydroxylamine groups is 1. The molecule has 5 nitrogen and oxygen atoms in total. The van der Waals surface area contributed by atoms with Crippen LogP contribution in [-0.2, 0) is 9.63 Å². The summed E-state index contributed by atoms with van der Waals surface area (Å²) >= 11 is 0. The van der Waals surface area contributed by atoms with Crippen LogP contribution in [0, 0.1) is 5.92 Å². The van der Waals surface area contributed by atoms with Gasteiger partial charge in [-0.25, -0.2) is 5.48 Å². The van der Waals surface area contributed by atoms with E-state index < -0.39 is 6.04 Å². The molecule has 0 fully saturated rings. The number of hydrogen-bond acceptors (Lipinski definition) is 3. The molecule has 2 atom stereocenters. The minimum atomic E-state index is -0.613. The van der Waals surface area contributed by atoms with E-state index in [1.54, 1.807) is 24.3 Å². The van der Waals surface area contributed by atoms with Crippen molar-refractivity contribution in [3.05, 3.63) is 35.9 Å². The third kappa shape index (κ3) is 4.37. The number of nitrogens with one attached hydrogen (secondary N) is 2. The average Bonchev–Trinajstić information content (AvgIpc) is 2.44. The van der Waals surface area contributed by atoms with Gasteiger partial charge >= 0.3 is 0 Å². The minimum Gasteiger partial charge on any atom is -0.340 e. The highest BCUT2D eigenvalue weighted by molar-refractivity contribution is 5.97. The molecule has 0 radical (unpaired) electrons. The largest absolute Gasteiger partial charge is 0.340 e. The Kier molecular flexibility index (Phi) is 6.02. The second kappa shape index (κ2) is 7.53. The van der Waals surface area contributed by atoms with Gasteiger partial charge in [-0.05, 0) is 18.1 Å². The smallest absolute Gasteiger partial charge is 0.266 e. The van der Waals surface area contributed by atoms with E-state index in [2.05, 4.69) is 15.6 Å². The number of rotatable bonds is 6. The summed E-state index contributed by atoms with van der Waals surface area (Å²) in [5.74, 6) is -0.596. The van der Waals surface area contributed by atoms with E-state index in [4.69, 9.17) is 0 Å². The molecule has 0 saturated heterocycles.